The lowest BCUT2D eigenvalue weighted by Gasteiger charge is -2.22. The number of rotatable bonds is 5. The second kappa shape index (κ2) is 7.42. The first-order valence-electron chi connectivity index (χ1n) is 7.88. The quantitative estimate of drug-likeness (QED) is 0.872. The van der Waals surface area contributed by atoms with E-state index >= 15 is 0 Å². The molecule has 0 radical (unpaired) electrons. The third-order valence-corrected chi connectivity index (χ3v) is 4.56. The van der Waals surface area contributed by atoms with Gasteiger partial charge in [-0.1, -0.05) is 0 Å². The highest BCUT2D eigenvalue weighted by molar-refractivity contribution is 7.09. The summed E-state index contributed by atoms with van der Waals surface area (Å²) in [5.41, 5.74) is -0.466. The van der Waals surface area contributed by atoms with E-state index in [1.807, 2.05) is 26.2 Å². The van der Waals surface area contributed by atoms with Gasteiger partial charge in [0.15, 0.2) is 0 Å². The Balaban J connectivity index is 1.70. The summed E-state index contributed by atoms with van der Waals surface area (Å²) in [5, 5.41) is 16.0. The average molecular weight is 326 g/mol. The number of ether oxygens (including phenoxy) is 1. The summed E-state index contributed by atoms with van der Waals surface area (Å²) < 4.78 is 5.28. The molecule has 1 aromatic heterocycles. The Labute approximate surface area is 136 Å². The lowest BCUT2D eigenvalue weighted by atomic mass is 9.98. The molecule has 6 heteroatoms. The van der Waals surface area contributed by atoms with Gasteiger partial charge in [0.25, 0.3) is 0 Å². The minimum absolute atomic E-state index is 0.159. The molecule has 0 aromatic carbocycles. The number of thiazole rings is 1. The molecule has 2 rings (SSSR count). The normalized spacial score (nSPS) is 23.3. The maximum absolute atomic E-state index is 11.8. The molecule has 1 heterocycles. The van der Waals surface area contributed by atoms with Crippen LogP contribution >= 0.6 is 11.3 Å². The highest BCUT2D eigenvalue weighted by Gasteiger charge is 2.29. The first-order chi connectivity index (χ1) is 10.3. The molecule has 3 atom stereocenters. The Morgan fingerprint density at radius 2 is 2.32 bits per heavy atom. The molecule has 0 aliphatic heterocycles. The molecule has 5 nitrogen and oxygen atoms in total. The summed E-state index contributed by atoms with van der Waals surface area (Å²) >= 11 is 1.58. The van der Waals surface area contributed by atoms with E-state index in [4.69, 9.17) is 4.74 Å². The number of alkyl carbamates (subject to hydrolysis) is 1. The van der Waals surface area contributed by atoms with Crippen molar-refractivity contribution in [2.24, 2.45) is 5.92 Å². The fourth-order valence-electron chi connectivity index (χ4n) is 2.92. The predicted molar refractivity (Wildman–Crippen MR) is 86.9 cm³/mol. The van der Waals surface area contributed by atoms with Gasteiger partial charge in [-0.15, -0.1) is 11.3 Å². The Morgan fingerprint density at radius 3 is 2.95 bits per heavy atom. The monoisotopic (exact) mass is 326 g/mol. The number of aromatic nitrogens is 1. The number of aliphatic hydroxyl groups is 1. The third kappa shape index (κ3) is 5.93. The highest BCUT2D eigenvalue weighted by Crippen LogP contribution is 2.30. The SMILES string of the molecule is CC(C)(C)OC(=O)N[C@@H]1CC[C@H](CC(O)Cc2nccs2)C1. The molecule has 1 aromatic rings. The van der Waals surface area contributed by atoms with E-state index in [1.54, 1.807) is 17.5 Å². The van der Waals surface area contributed by atoms with Crippen LogP contribution in [0.5, 0.6) is 0 Å². The Hall–Kier alpha value is -1.14. The van der Waals surface area contributed by atoms with Crippen LogP contribution in [-0.2, 0) is 11.2 Å². The van der Waals surface area contributed by atoms with Crippen molar-refractivity contribution in [3.05, 3.63) is 16.6 Å². The van der Waals surface area contributed by atoms with Crippen molar-refractivity contribution in [3.63, 3.8) is 0 Å². The zero-order valence-corrected chi connectivity index (χ0v) is 14.4. The van der Waals surface area contributed by atoms with E-state index in [1.165, 1.54) is 0 Å². The molecule has 1 fully saturated rings. The number of hydrogen-bond acceptors (Lipinski definition) is 5. The van der Waals surface area contributed by atoms with Gasteiger partial charge in [-0.25, -0.2) is 9.78 Å². The van der Waals surface area contributed by atoms with E-state index in [-0.39, 0.29) is 18.2 Å². The summed E-state index contributed by atoms with van der Waals surface area (Å²) in [6.07, 6.45) is 5.36. The first kappa shape index (κ1) is 17.2. The minimum Gasteiger partial charge on any atom is -0.444 e. The van der Waals surface area contributed by atoms with Gasteiger partial charge in [-0.3, -0.25) is 0 Å². The molecule has 1 amide bonds. The molecule has 1 saturated carbocycles. The summed E-state index contributed by atoms with van der Waals surface area (Å²) in [7, 11) is 0. The molecule has 1 aliphatic rings. The van der Waals surface area contributed by atoms with Crippen molar-refractivity contribution in [1.29, 1.82) is 0 Å². The summed E-state index contributed by atoms with van der Waals surface area (Å²) in [6.45, 7) is 5.58. The fraction of sp³-hybridized carbons (Fsp3) is 0.750. The van der Waals surface area contributed by atoms with E-state index in [9.17, 15) is 9.90 Å². The zero-order chi connectivity index (χ0) is 16.2. The van der Waals surface area contributed by atoms with Gasteiger partial charge in [-0.2, -0.15) is 0 Å². The summed E-state index contributed by atoms with van der Waals surface area (Å²) in [6, 6.07) is 0.159. The molecular weight excluding hydrogens is 300 g/mol. The fourth-order valence-corrected chi connectivity index (χ4v) is 3.61. The largest absolute Gasteiger partial charge is 0.444 e. The lowest BCUT2D eigenvalue weighted by molar-refractivity contribution is 0.0504. The third-order valence-electron chi connectivity index (χ3n) is 3.76. The van der Waals surface area contributed by atoms with Crippen molar-refractivity contribution in [1.82, 2.24) is 10.3 Å². The molecule has 0 spiro atoms. The van der Waals surface area contributed by atoms with Crippen LogP contribution in [0.2, 0.25) is 0 Å². The Kier molecular flexibility index (Phi) is 5.81. The van der Waals surface area contributed by atoms with Gasteiger partial charge in [0.1, 0.15) is 5.60 Å². The number of carbonyl (C=O) groups is 1. The maximum atomic E-state index is 11.8. The van der Waals surface area contributed by atoms with Crippen molar-refractivity contribution in [2.45, 2.75) is 70.6 Å². The van der Waals surface area contributed by atoms with Gasteiger partial charge in [0, 0.05) is 24.0 Å². The minimum atomic E-state index is -0.466. The van der Waals surface area contributed by atoms with E-state index in [0.29, 0.717) is 12.3 Å². The van der Waals surface area contributed by atoms with Crippen LogP contribution in [-0.4, -0.2) is 33.9 Å². The van der Waals surface area contributed by atoms with Crippen molar-refractivity contribution in [3.8, 4) is 0 Å². The van der Waals surface area contributed by atoms with Crippen molar-refractivity contribution >= 4 is 17.4 Å². The van der Waals surface area contributed by atoms with Crippen LogP contribution in [0.1, 0.15) is 51.5 Å². The molecule has 0 bridgehead atoms. The van der Waals surface area contributed by atoms with Crippen LogP contribution in [0.4, 0.5) is 4.79 Å². The van der Waals surface area contributed by atoms with Crippen molar-refractivity contribution in [2.75, 3.05) is 0 Å². The first-order valence-corrected chi connectivity index (χ1v) is 8.76. The van der Waals surface area contributed by atoms with Crippen LogP contribution in [0, 0.1) is 5.92 Å². The topological polar surface area (TPSA) is 71.5 Å². The smallest absolute Gasteiger partial charge is 0.407 e. The van der Waals surface area contributed by atoms with E-state index in [0.717, 1.165) is 30.7 Å². The van der Waals surface area contributed by atoms with Crippen LogP contribution in [0.25, 0.3) is 0 Å². The second-order valence-corrected chi connectivity index (χ2v) is 8.02. The van der Waals surface area contributed by atoms with Gasteiger partial charge in [0.2, 0.25) is 0 Å². The maximum Gasteiger partial charge on any atom is 0.407 e. The van der Waals surface area contributed by atoms with Gasteiger partial charge >= 0.3 is 6.09 Å². The van der Waals surface area contributed by atoms with Crippen LogP contribution in [0.3, 0.4) is 0 Å². The Morgan fingerprint density at radius 1 is 1.55 bits per heavy atom. The van der Waals surface area contributed by atoms with Crippen LogP contribution in [0.15, 0.2) is 11.6 Å². The molecule has 22 heavy (non-hydrogen) atoms. The molecule has 0 saturated heterocycles. The lowest BCUT2D eigenvalue weighted by Crippen LogP contribution is -2.38. The van der Waals surface area contributed by atoms with Gasteiger partial charge in [-0.05, 0) is 52.4 Å². The van der Waals surface area contributed by atoms with Gasteiger partial charge < -0.3 is 15.2 Å². The average Bonchev–Trinajstić information content (AvgIpc) is 2.98. The second-order valence-electron chi connectivity index (χ2n) is 7.04. The number of nitrogens with one attached hydrogen (secondary N) is 1. The summed E-state index contributed by atoms with van der Waals surface area (Å²) in [5.74, 6) is 0.454. The number of aliphatic hydroxyl groups excluding tert-OH is 1. The van der Waals surface area contributed by atoms with Gasteiger partial charge in [0.05, 0.1) is 11.1 Å². The summed E-state index contributed by atoms with van der Waals surface area (Å²) in [4.78, 5) is 16.0. The molecular formula is C16H26N2O3S. The highest BCUT2D eigenvalue weighted by atomic mass is 32.1. The molecule has 1 unspecified atom stereocenters. The van der Waals surface area contributed by atoms with E-state index in [2.05, 4.69) is 10.3 Å². The van der Waals surface area contributed by atoms with E-state index < -0.39 is 5.60 Å². The number of amides is 1. The number of hydrogen-bond donors (Lipinski definition) is 2. The zero-order valence-electron chi connectivity index (χ0n) is 13.5. The standard InChI is InChI=1S/C16H26N2O3S/c1-16(2,3)21-15(20)18-12-5-4-11(8-12)9-13(19)10-14-17-6-7-22-14/h6-7,11-13,19H,4-5,8-10H2,1-3H3,(H,18,20)/t11-,12+,13?/m0/s1. The van der Waals surface area contributed by atoms with Crippen LogP contribution < -0.4 is 5.32 Å². The predicted octanol–water partition coefficient (Wildman–Crippen LogP) is 3.13. The molecule has 1 aliphatic carbocycles. The number of carbonyl (C=O) groups excluding carboxylic acids is 1. The molecule has 124 valence electrons. The van der Waals surface area contributed by atoms with Crippen molar-refractivity contribution < 1.29 is 14.6 Å². The Bertz CT molecular complexity index is 470. The molecule has 2 N–H and O–H groups in total. The number of nitrogens with zero attached hydrogens (tertiary/aromatic N) is 1.